The Labute approximate surface area is 146 Å². The van der Waals surface area contributed by atoms with Gasteiger partial charge in [-0.15, -0.1) is 0 Å². The van der Waals surface area contributed by atoms with Gasteiger partial charge in [0.15, 0.2) is 0 Å². The van der Waals surface area contributed by atoms with Crippen LogP contribution in [-0.2, 0) is 9.59 Å². The Kier molecular flexibility index (Phi) is 7.06. The molecular formula is C17H24N4O4. The van der Waals surface area contributed by atoms with Gasteiger partial charge in [-0.1, -0.05) is 6.07 Å². The third-order valence-electron chi connectivity index (χ3n) is 3.65. The maximum atomic E-state index is 11.9. The summed E-state index contributed by atoms with van der Waals surface area (Å²) in [5, 5.41) is 10.8. The Bertz CT molecular complexity index is 620. The summed E-state index contributed by atoms with van der Waals surface area (Å²) in [5.74, 6) is 0.299. The van der Waals surface area contributed by atoms with E-state index < -0.39 is 12.1 Å². The Balaban J connectivity index is 1.69. The van der Waals surface area contributed by atoms with Crippen molar-refractivity contribution in [3.63, 3.8) is 0 Å². The van der Waals surface area contributed by atoms with Gasteiger partial charge in [0.2, 0.25) is 11.8 Å². The fraction of sp³-hybridized carbons (Fsp3) is 0.471. The first-order valence-corrected chi connectivity index (χ1v) is 8.37. The summed E-state index contributed by atoms with van der Waals surface area (Å²) in [5.41, 5.74) is 0.648. The van der Waals surface area contributed by atoms with Crippen molar-refractivity contribution in [3.8, 4) is 5.75 Å². The van der Waals surface area contributed by atoms with E-state index in [2.05, 4.69) is 21.3 Å². The molecule has 8 nitrogen and oxygen atoms in total. The van der Waals surface area contributed by atoms with Crippen molar-refractivity contribution in [2.75, 3.05) is 25.0 Å². The third-order valence-corrected chi connectivity index (χ3v) is 3.65. The third kappa shape index (κ3) is 6.70. The van der Waals surface area contributed by atoms with Gasteiger partial charge < -0.3 is 26.0 Å². The van der Waals surface area contributed by atoms with E-state index in [9.17, 15) is 14.4 Å². The van der Waals surface area contributed by atoms with E-state index in [1.54, 1.807) is 24.3 Å². The van der Waals surface area contributed by atoms with E-state index in [1.165, 1.54) is 6.92 Å². The molecule has 0 aromatic heterocycles. The Morgan fingerprint density at radius 2 is 2.16 bits per heavy atom. The van der Waals surface area contributed by atoms with Crippen molar-refractivity contribution in [1.82, 2.24) is 16.0 Å². The van der Waals surface area contributed by atoms with Gasteiger partial charge in [0.1, 0.15) is 18.4 Å². The highest BCUT2D eigenvalue weighted by molar-refractivity contribution is 5.89. The number of anilines is 1. The molecule has 2 rings (SSSR count). The maximum absolute atomic E-state index is 11.9. The van der Waals surface area contributed by atoms with Crippen molar-refractivity contribution in [2.45, 2.75) is 32.2 Å². The normalized spacial score (nSPS) is 17.0. The summed E-state index contributed by atoms with van der Waals surface area (Å²) < 4.78 is 5.54. The molecular weight excluding hydrogens is 324 g/mol. The largest absolute Gasteiger partial charge is 0.492 e. The maximum Gasteiger partial charge on any atom is 0.315 e. The molecule has 1 heterocycles. The highest BCUT2D eigenvalue weighted by atomic mass is 16.5. The fourth-order valence-electron chi connectivity index (χ4n) is 2.49. The summed E-state index contributed by atoms with van der Waals surface area (Å²) in [6, 6.07) is 6.12. The number of urea groups is 1. The van der Waals surface area contributed by atoms with E-state index in [4.69, 9.17) is 4.74 Å². The highest BCUT2D eigenvalue weighted by Gasteiger charge is 2.21. The molecule has 1 aliphatic rings. The lowest BCUT2D eigenvalue weighted by molar-refractivity contribution is -0.122. The highest BCUT2D eigenvalue weighted by Crippen LogP contribution is 2.17. The molecule has 1 aromatic rings. The van der Waals surface area contributed by atoms with Crippen molar-refractivity contribution in [1.29, 1.82) is 0 Å². The van der Waals surface area contributed by atoms with Crippen LogP contribution in [0.5, 0.6) is 5.75 Å². The van der Waals surface area contributed by atoms with Gasteiger partial charge in [0, 0.05) is 25.2 Å². The van der Waals surface area contributed by atoms with Gasteiger partial charge in [-0.25, -0.2) is 4.79 Å². The van der Waals surface area contributed by atoms with Crippen molar-refractivity contribution >= 4 is 23.5 Å². The van der Waals surface area contributed by atoms with Crippen LogP contribution in [0.3, 0.4) is 0 Å². The molecule has 1 aromatic carbocycles. The molecule has 1 fully saturated rings. The van der Waals surface area contributed by atoms with Gasteiger partial charge in [0.05, 0.1) is 6.54 Å². The molecule has 136 valence electrons. The van der Waals surface area contributed by atoms with Crippen molar-refractivity contribution in [2.24, 2.45) is 0 Å². The lowest BCUT2D eigenvalue weighted by Gasteiger charge is -2.16. The topological polar surface area (TPSA) is 109 Å². The Hall–Kier alpha value is -2.77. The molecule has 0 saturated carbocycles. The van der Waals surface area contributed by atoms with Crippen LogP contribution in [0.25, 0.3) is 0 Å². The zero-order valence-electron chi connectivity index (χ0n) is 14.3. The number of amides is 4. The van der Waals surface area contributed by atoms with Crippen LogP contribution in [0.4, 0.5) is 10.5 Å². The lowest BCUT2D eigenvalue weighted by Crippen LogP contribution is -2.49. The SMILES string of the molecule is CC(=O)Nc1cccc(OCCNC(=O)NC2CCCCNC2=O)c1. The standard InChI is InChI=1S/C17H24N4O4/c1-12(22)20-13-5-4-6-14(11-13)25-10-9-19-17(24)21-15-7-2-3-8-18-16(15)23/h4-6,11,15H,2-3,7-10H2,1H3,(H,18,23)(H,20,22)(H2,19,21,24). The number of hydrogen-bond acceptors (Lipinski definition) is 4. The van der Waals surface area contributed by atoms with Crippen molar-refractivity contribution in [3.05, 3.63) is 24.3 Å². The number of carbonyl (C=O) groups is 3. The van der Waals surface area contributed by atoms with Gasteiger partial charge in [-0.2, -0.15) is 0 Å². The average molecular weight is 348 g/mol. The van der Waals surface area contributed by atoms with Gasteiger partial charge in [-0.3, -0.25) is 9.59 Å². The van der Waals surface area contributed by atoms with Crippen LogP contribution >= 0.6 is 0 Å². The molecule has 0 bridgehead atoms. The number of nitrogens with one attached hydrogen (secondary N) is 4. The minimum absolute atomic E-state index is 0.140. The summed E-state index contributed by atoms with van der Waals surface area (Å²) in [6.07, 6.45) is 2.47. The second-order valence-electron chi connectivity index (χ2n) is 5.80. The molecule has 0 radical (unpaired) electrons. The predicted octanol–water partition coefficient (Wildman–Crippen LogP) is 0.992. The zero-order valence-corrected chi connectivity index (χ0v) is 14.3. The van der Waals surface area contributed by atoms with E-state index in [-0.39, 0.29) is 18.4 Å². The van der Waals surface area contributed by atoms with Crippen LogP contribution in [0.2, 0.25) is 0 Å². The molecule has 8 heteroatoms. The molecule has 0 spiro atoms. The zero-order chi connectivity index (χ0) is 18.1. The van der Waals surface area contributed by atoms with E-state index >= 15 is 0 Å². The summed E-state index contributed by atoms with van der Waals surface area (Å²) >= 11 is 0. The average Bonchev–Trinajstić information content (AvgIpc) is 2.76. The first-order valence-electron chi connectivity index (χ1n) is 8.37. The molecule has 0 aliphatic carbocycles. The quantitative estimate of drug-likeness (QED) is 0.575. The van der Waals surface area contributed by atoms with E-state index in [0.717, 1.165) is 12.8 Å². The molecule has 25 heavy (non-hydrogen) atoms. The second kappa shape index (κ2) is 9.51. The monoisotopic (exact) mass is 348 g/mol. The predicted molar refractivity (Wildman–Crippen MR) is 93.4 cm³/mol. The van der Waals surface area contributed by atoms with Crippen LogP contribution < -0.4 is 26.0 Å². The number of carbonyl (C=O) groups excluding carboxylic acids is 3. The second-order valence-corrected chi connectivity index (χ2v) is 5.80. The van der Waals surface area contributed by atoms with Gasteiger partial charge >= 0.3 is 6.03 Å². The molecule has 1 unspecified atom stereocenters. The summed E-state index contributed by atoms with van der Waals surface area (Å²) in [6.45, 7) is 2.66. The Morgan fingerprint density at radius 1 is 1.32 bits per heavy atom. The minimum atomic E-state index is -0.488. The number of benzene rings is 1. The Morgan fingerprint density at radius 3 is 2.96 bits per heavy atom. The first-order chi connectivity index (χ1) is 12.0. The number of ether oxygens (including phenoxy) is 1. The smallest absolute Gasteiger partial charge is 0.315 e. The number of rotatable bonds is 6. The number of hydrogen-bond donors (Lipinski definition) is 4. The molecule has 1 aliphatic heterocycles. The minimum Gasteiger partial charge on any atom is -0.492 e. The first kappa shape index (κ1) is 18.6. The van der Waals surface area contributed by atoms with Gasteiger partial charge in [0.25, 0.3) is 0 Å². The fourth-order valence-corrected chi connectivity index (χ4v) is 2.49. The summed E-state index contributed by atoms with van der Waals surface area (Å²) in [4.78, 5) is 34.6. The van der Waals surface area contributed by atoms with Crippen LogP contribution in [-0.4, -0.2) is 43.6 Å². The molecule has 1 atom stereocenters. The van der Waals surface area contributed by atoms with Gasteiger partial charge in [-0.05, 0) is 31.4 Å². The summed E-state index contributed by atoms with van der Waals surface area (Å²) in [7, 11) is 0. The lowest BCUT2D eigenvalue weighted by atomic mass is 10.1. The van der Waals surface area contributed by atoms with Crippen LogP contribution in [0.1, 0.15) is 26.2 Å². The molecule has 4 N–H and O–H groups in total. The van der Waals surface area contributed by atoms with Crippen molar-refractivity contribution < 1.29 is 19.1 Å². The molecule has 4 amide bonds. The van der Waals surface area contributed by atoms with E-state index in [1.807, 2.05) is 0 Å². The van der Waals surface area contributed by atoms with Crippen LogP contribution in [0, 0.1) is 0 Å². The molecule has 1 saturated heterocycles. The van der Waals surface area contributed by atoms with E-state index in [0.29, 0.717) is 30.9 Å². The van der Waals surface area contributed by atoms with Crippen LogP contribution in [0.15, 0.2) is 24.3 Å².